The quantitative estimate of drug-likeness (QED) is 0.771. The highest BCUT2D eigenvalue weighted by Crippen LogP contribution is 2.20. The number of rotatable bonds is 7. The summed E-state index contributed by atoms with van der Waals surface area (Å²) < 4.78 is 0. The van der Waals surface area contributed by atoms with Crippen molar-refractivity contribution in [2.75, 3.05) is 13.1 Å². The Bertz CT molecular complexity index is 254. The van der Waals surface area contributed by atoms with Gasteiger partial charge in [-0.25, -0.2) is 0 Å². The summed E-state index contributed by atoms with van der Waals surface area (Å²) in [6.45, 7) is 16.5. The van der Waals surface area contributed by atoms with Crippen LogP contribution in [0.3, 0.4) is 0 Å². The molecule has 0 saturated carbocycles. The smallest absolute Gasteiger partial charge is 0.240 e. The van der Waals surface area contributed by atoms with Crippen LogP contribution in [-0.4, -0.2) is 29.9 Å². The summed E-state index contributed by atoms with van der Waals surface area (Å²) >= 11 is 0. The number of carbonyl (C=O) groups is 1. The van der Waals surface area contributed by atoms with Gasteiger partial charge in [0.25, 0.3) is 0 Å². The second-order valence-electron chi connectivity index (χ2n) is 7.53. The molecule has 0 radical (unpaired) electrons. The van der Waals surface area contributed by atoms with Gasteiger partial charge >= 0.3 is 0 Å². The van der Waals surface area contributed by atoms with Gasteiger partial charge in [0.2, 0.25) is 5.91 Å². The van der Waals surface area contributed by atoms with E-state index in [4.69, 9.17) is 5.73 Å². The number of nitrogens with zero attached hydrogens (tertiary/aromatic N) is 1. The van der Waals surface area contributed by atoms with E-state index in [1.54, 1.807) is 0 Å². The Morgan fingerprint density at radius 2 is 1.37 bits per heavy atom. The van der Waals surface area contributed by atoms with Crippen molar-refractivity contribution in [3.8, 4) is 0 Å². The third-order valence-corrected chi connectivity index (χ3v) is 3.46. The zero-order valence-electron chi connectivity index (χ0n) is 14.0. The van der Waals surface area contributed by atoms with Gasteiger partial charge in [0.15, 0.2) is 0 Å². The molecule has 0 aromatic carbocycles. The normalized spacial score (nSPS) is 14.0. The number of carbonyl (C=O) groups excluding carboxylic acids is 1. The van der Waals surface area contributed by atoms with Crippen LogP contribution < -0.4 is 5.73 Å². The summed E-state index contributed by atoms with van der Waals surface area (Å²) in [6.07, 6.45) is 2.08. The molecule has 1 atom stereocenters. The molecule has 1 amide bonds. The predicted octanol–water partition coefficient (Wildman–Crippen LogP) is 3.28. The largest absolute Gasteiger partial charge is 0.341 e. The van der Waals surface area contributed by atoms with Gasteiger partial charge in [0, 0.05) is 13.1 Å². The van der Waals surface area contributed by atoms with Gasteiger partial charge in [-0.3, -0.25) is 4.79 Å². The molecule has 0 rings (SSSR count). The van der Waals surface area contributed by atoms with Crippen molar-refractivity contribution in [1.82, 2.24) is 4.90 Å². The van der Waals surface area contributed by atoms with E-state index in [0.29, 0.717) is 11.8 Å². The SMILES string of the molecule is CC(C)CCN(CCC(C)C)C(=O)[C@@H](N)C(C)(C)C. The van der Waals surface area contributed by atoms with E-state index in [9.17, 15) is 4.79 Å². The molecule has 0 spiro atoms. The van der Waals surface area contributed by atoms with Gasteiger partial charge in [0.05, 0.1) is 6.04 Å². The number of amides is 1. The van der Waals surface area contributed by atoms with Crippen LogP contribution in [0.15, 0.2) is 0 Å². The first-order valence-electron chi connectivity index (χ1n) is 7.60. The van der Waals surface area contributed by atoms with Gasteiger partial charge in [-0.05, 0) is 30.1 Å². The average Bonchev–Trinajstić information content (AvgIpc) is 2.25. The van der Waals surface area contributed by atoms with Crippen LogP contribution in [-0.2, 0) is 4.79 Å². The van der Waals surface area contributed by atoms with Crippen molar-refractivity contribution in [3.05, 3.63) is 0 Å². The van der Waals surface area contributed by atoms with E-state index in [0.717, 1.165) is 25.9 Å². The van der Waals surface area contributed by atoms with E-state index in [1.165, 1.54) is 0 Å². The monoisotopic (exact) mass is 270 g/mol. The van der Waals surface area contributed by atoms with Crippen LogP contribution in [0.25, 0.3) is 0 Å². The maximum atomic E-state index is 12.5. The van der Waals surface area contributed by atoms with Gasteiger partial charge < -0.3 is 10.6 Å². The third kappa shape index (κ3) is 7.56. The highest BCUT2D eigenvalue weighted by atomic mass is 16.2. The molecule has 114 valence electrons. The average molecular weight is 270 g/mol. The molecule has 0 aromatic rings. The molecule has 0 aliphatic rings. The van der Waals surface area contributed by atoms with Crippen molar-refractivity contribution in [1.29, 1.82) is 0 Å². The number of nitrogens with two attached hydrogens (primary N) is 1. The predicted molar refractivity (Wildman–Crippen MR) is 82.9 cm³/mol. The second-order valence-corrected chi connectivity index (χ2v) is 7.53. The summed E-state index contributed by atoms with van der Waals surface area (Å²) in [5.41, 5.74) is 5.94. The molecule has 3 heteroatoms. The highest BCUT2D eigenvalue weighted by molar-refractivity contribution is 5.82. The third-order valence-electron chi connectivity index (χ3n) is 3.46. The van der Waals surface area contributed by atoms with Crippen LogP contribution in [0.2, 0.25) is 0 Å². The lowest BCUT2D eigenvalue weighted by molar-refractivity contribution is -0.135. The molecule has 0 fully saturated rings. The molecule has 0 saturated heterocycles. The fraction of sp³-hybridized carbons (Fsp3) is 0.938. The van der Waals surface area contributed by atoms with E-state index < -0.39 is 6.04 Å². The minimum Gasteiger partial charge on any atom is -0.341 e. The van der Waals surface area contributed by atoms with Gasteiger partial charge in [-0.2, -0.15) is 0 Å². The Morgan fingerprint density at radius 1 is 1.00 bits per heavy atom. The lowest BCUT2D eigenvalue weighted by atomic mass is 9.86. The van der Waals surface area contributed by atoms with Gasteiger partial charge in [-0.15, -0.1) is 0 Å². The molecule has 2 N–H and O–H groups in total. The van der Waals surface area contributed by atoms with Crippen molar-refractivity contribution in [3.63, 3.8) is 0 Å². The van der Waals surface area contributed by atoms with Crippen molar-refractivity contribution in [2.24, 2.45) is 23.0 Å². The first kappa shape index (κ1) is 18.4. The molecule has 0 aliphatic carbocycles. The first-order chi connectivity index (χ1) is 8.55. The zero-order valence-corrected chi connectivity index (χ0v) is 14.0. The Hall–Kier alpha value is -0.570. The maximum Gasteiger partial charge on any atom is 0.240 e. The molecule has 0 aromatic heterocycles. The lowest BCUT2D eigenvalue weighted by Gasteiger charge is -2.33. The van der Waals surface area contributed by atoms with Crippen molar-refractivity contribution >= 4 is 5.91 Å². The second kappa shape index (κ2) is 7.88. The summed E-state index contributed by atoms with van der Waals surface area (Å²) in [6, 6.07) is -0.410. The molecule has 0 unspecified atom stereocenters. The Labute approximate surface area is 119 Å². The molecular formula is C16H34N2O. The molecule has 0 aliphatic heterocycles. The van der Waals surface area contributed by atoms with Gasteiger partial charge in [-0.1, -0.05) is 48.5 Å². The maximum absolute atomic E-state index is 12.5. The highest BCUT2D eigenvalue weighted by Gasteiger charge is 2.30. The van der Waals surface area contributed by atoms with Crippen molar-refractivity contribution in [2.45, 2.75) is 67.3 Å². The van der Waals surface area contributed by atoms with E-state index >= 15 is 0 Å². The van der Waals surface area contributed by atoms with E-state index in [-0.39, 0.29) is 11.3 Å². The zero-order chi connectivity index (χ0) is 15.2. The fourth-order valence-corrected chi connectivity index (χ4v) is 1.73. The van der Waals surface area contributed by atoms with Crippen molar-refractivity contribution < 1.29 is 4.79 Å². The Morgan fingerprint density at radius 3 is 1.63 bits per heavy atom. The lowest BCUT2D eigenvalue weighted by Crippen LogP contribution is -2.51. The van der Waals surface area contributed by atoms with Crippen LogP contribution in [0.1, 0.15) is 61.3 Å². The minimum atomic E-state index is -0.410. The van der Waals surface area contributed by atoms with Crippen LogP contribution in [0, 0.1) is 17.3 Å². The van der Waals surface area contributed by atoms with Crippen LogP contribution >= 0.6 is 0 Å². The minimum absolute atomic E-state index is 0.105. The Kier molecular flexibility index (Phi) is 7.65. The molecule has 0 heterocycles. The summed E-state index contributed by atoms with van der Waals surface area (Å²) in [5.74, 6) is 1.33. The van der Waals surface area contributed by atoms with Crippen LogP contribution in [0.4, 0.5) is 0 Å². The summed E-state index contributed by atoms with van der Waals surface area (Å²) in [4.78, 5) is 14.5. The fourth-order valence-electron chi connectivity index (χ4n) is 1.73. The molecule has 0 bridgehead atoms. The molecule has 19 heavy (non-hydrogen) atoms. The Balaban J connectivity index is 4.66. The van der Waals surface area contributed by atoms with Gasteiger partial charge in [0.1, 0.15) is 0 Å². The molecule has 3 nitrogen and oxygen atoms in total. The number of hydrogen-bond acceptors (Lipinski definition) is 2. The topological polar surface area (TPSA) is 46.3 Å². The summed E-state index contributed by atoms with van der Waals surface area (Å²) in [5, 5.41) is 0. The number of hydrogen-bond donors (Lipinski definition) is 1. The summed E-state index contributed by atoms with van der Waals surface area (Å²) in [7, 11) is 0. The van der Waals surface area contributed by atoms with E-state index in [2.05, 4.69) is 27.7 Å². The first-order valence-corrected chi connectivity index (χ1v) is 7.60. The van der Waals surface area contributed by atoms with E-state index in [1.807, 2.05) is 25.7 Å². The van der Waals surface area contributed by atoms with Crippen LogP contribution in [0.5, 0.6) is 0 Å². The molecular weight excluding hydrogens is 236 g/mol. The standard InChI is InChI=1S/C16H34N2O/c1-12(2)8-10-18(11-9-13(3)4)15(19)14(17)16(5,6)7/h12-14H,8-11,17H2,1-7H3/t14-/m1/s1.